The fraction of sp³-hybridized carbons (Fsp3) is 0.273. The van der Waals surface area contributed by atoms with E-state index in [1.165, 1.54) is 0 Å². The molecule has 2 aromatic rings. The van der Waals surface area contributed by atoms with Crippen molar-refractivity contribution in [1.29, 1.82) is 0 Å². The summed E-state index contributed by atoms with van der Waals surface area (Å²) in [5, 5.41) is 13.4. The van der Waals surface area contributed by atoms with Crippen LogP contribution in [0.4, 0.5) is 0 Å². The van der Waals surface area contributed by atoms with Crippen LogP contribution in [-0.2, 0) is 6.42 Å². The van der Waals surface area contributed by atoms with Gasteiger partial charge in [-0.1, -0.05) is 12.1 Å². The van der Waals surface area contributed by atoms with Crippen LogP contribution in [0.5, 0.6) is 5.75 Å². The number of aromatic hydroxyl groups is 1. The van der Waals surface area contributed by atoms with Gasteiger partial charge in [-0.15, -0.1) is 0 Å². The first-order valence-electron chi connectivity index (χ1n) is 5.02. The summed E-state index contributed by atoms with van der Waals surface area (Å²) in [6, 6.07) is 5.15. The number of nitrogens with zero attached hydrogens (tertiary/aromatic N) is 2. The minimum atomic E-state index is 0.160. The van der Waals surface area contributed by atoms with Gasteiger partial charge in [-0.25, -0.2) is 0 Å². The third-order valence-corrected chi connectivity index (χ3v) is 2.81. The first kappa shape index (κ1) is 11.1. The van der Waals surface area contributed by atoms with E-state index >= 15 is 0 Å². The SMILES string of the molecule is CCCc1noc(-c2ccc(Br)c(O)c2)n1. The second kappa shape index (κ2) is 4.65. The Bertz CT molecular complexity index is 496. The molecule has 1 aromatic carbocycles. The van der Waals surface area contributed by atoms with E-state index in [-0.39, 0.29) is 5.75 Å². The number of aromatic nitrogens is 2. The molecule has 0 amide bonds. The average molecular weight is 283 g/mol. The van der Waals surface area contributed by atoms with Crippen LogP contribution in [0.15, 0.2) is 27.2 Å². The van der Waals surface area contributed by atoms with Crippen LogP contribution in [-0.4, -0.2) is 15.2 Å². The van der Waals surface area contributed by atoms with E-state index in [2.05, 4.69) is 33.0 Å². The van der Waals surface area contributed by atoms with Gasteiger partial charge < -0.3 is 9.63 Å². The highest BCUT2D eigenvalue weighted by Gasteiger charge is 2.09. The Kier molecular flexibility index (Phi) is 3.24. The first-order valence-corrected chi connectivity index (χ1v) is 5.81. The fourth-order valence-electron chi connectivity index (χ4n) is 1.34. The van der Waals surface area contributed by atoms with Crippen molar-refractivity contribution in [3.8, 4) is 17.2 Å². The third kappa shape index (κ3) is 2.24. The van der Waals surface area contributed by atoms with Gasteiger partial charge in [-0.3, -0.25) is 0 Å². The summed E-state index contributed by atoms with van der Waals surface area (Å²) in [5.41, 5.74) is 0.718. The van der Waals surface area contributed by atoms with Crippen molar-refractivity contribution >= 4 is 15.9 Å². The fourth-order valence-corrected chi connectivity index (χ4v) is 1.59. The zero-order valence-electron chi connectivity index (χ0n) is 8.77. The first-order chi connectivity index (χ1) is 7.70. The predicted octanol–water partition coefficient (Wildman–Crippen LogP) is 3.16. The topological polar surface area (TPSA) is 59.2 Å². The lowest BCUT2D eigenvalue weighted by molar-refractivity contribution is 0.421. The second-order valence-corrected chi connectivity index (χ2v) is 4.29. The number of hydrogen-bond acceptors (Lipinski definition) is 4. The molecule has 5 heteroatoms. The van der Waals surface area contributed by atoms with Crippen molar-refractivity contribution in [2.24, 2.45) is 0 Å². The molecule has 0 aliphatic heterocycles. The van der Waals surface area contributed by atoms with E-state index in [0.29, 0.717) is 16.2 Å². The average Bonchev–Trinajstić information content (AvgIpc) is 2.71. The van der Waals surface area contributed by atoms with Gasteiger partial charge in [0.1, 0.15) is 5.75 Å². The van der Waals surface area contributed by atoms with Crippen LogP contribution in [0.25, 0.3) is 11.5 Å². The van der Waals surface area contributed by atoms with Gasteiger partial charge in [-0.05, 0) is 40.5 Å². The van der Waals surface area contributed by atoms with Gasteiger partial charge >= 0.3 is 0 Å². The maximum absolute atomic E-state index is 9.53. The van der Waals surface area contributed by atoms with Crippen LogP contribution >= 0.6 is 15.9 Å². The summed E-state index contributed by atoms with van der Waals surface area (Å²) in [7, 11) is 0. The normalized spacial score (nSPS) is 10.6. The number of halogens is 1. The maximum atomic E-state index is 9.53. The van der Waals surface area contributed by atoms with E-state index in [0.717, 1.165) is 18.4 Å². The molecule has 0 aliphatic carbocycles. The number of phenolic OH excluding ortho intramolecular Hbond substituents is 1. The van der Waals surface area contributed by atoms with Crippen LogP contribution in [0.3, 0.4) is 0 Å². The van der Waals surface area contributed by atoms with Gasteiger partial charge in [0.2, 0.25) is 0 Å². The molecule has 0 radical (unpaired) electrons. The molecule has 0 spiro atoms. The molecule has 1 heterocycles. The number of rotatable bonds is 3. The summed E-state index contributed by atoms with van der Waals surface area (Å²) >= 11 is 3.22. The molecule has 0 fully saturated rings. The minimum Gasteiger partial charge on any atom is -0.507 e. The van der Waals surface area contributed by atoms with Crippen molar-refractivity contribution in [2.75, 3.05) is 0 Å². The highest BCUT2D eigenvalue weighted by molar-refractivity contribution is 9.10. The van der Waals surface area contributed by atoms with E-state index in [9.17, 15) is 5.11 Å². The summed E-state index contributed by atoms with van der Waals surface area (Å²) in [4.78, 5) is 4.24. The highest BCUT2D eigenvalue weighted by Crippen LogP contribution is 2.28. The molecule has 4 nitrogen and oxygen atoms in total. The predicted molar refractivity (Wildman–Crippen MR) is 63.1 cm³/mol. The van der Waals surface area contributed by atoms with Gasteiger partial charge in [-0.2, -0.15) is 4.98 Å². The number of hydrogen-bond donors (Lipinski definition) is 1. The lowest BCUT2D eigenvalue weighted by Crippen LogP contribution is -1.85. The Balaban J connectivity index is 2.31. The van der Waals surface area contributed by atoms with Crippen molar-refractivity contribution in [1.82, 2.24) is 10.1 Å². The van der Waals surface area contributed by atoms with E-state index in [4.69, 9.17) is 4.52 Å². The summed E-state index contributed by atoms with van der Waals surface area (Å²) in [6.45, 7) is 2.06. The smallest absolute Gasteiger partial charge is 0.258 e. The van der Waals surface area contributed by atoms with Crippen LogP contribution in [0.2, 0.25) is 0 Å². The summed E-state index contributed by atoms with van der Waals surface area (Å²) < 4.78 is 5.75. The zero-order valence-corrected chi connectivity index (χ0v) is 10.4. The van der Waals surface area contributed by atoms with Crippen LogP contribution in [0.1, 0.15) is 19.2 Å². The molecular formula is C11H11BrN2O2. The molecule has 1 N–H and O–H groups in total. The van der Waals surface area contributed by atoms with E-state index in [1.54, 1.807) is 12.1 Å². The van der Waals surface area contributed by atoms with E-state index in [1.807, 2.05) is 6.07 Å². The Hall–Kier alpha value is -1.36. The Morgan fingerprint density at radius 3 is 2.94 bits per heavy atom. The van der Waals surface area contributed by atoms with Gasteiger partial charge in [0.15, 0.2) is 5.82 Å². The molecule has 16 heavy (non-hydrogen) atoms. The van der Waals surface area contributed by atoms with E-state index < -0.39 is 0 Å². The van der Waals surface area contributed by atoms with Gasteiger partial charge in [0.05, 0.1) is 4.47 Å². The Morgan fingerprint density at radius 1 is 1.44 bits per heavy atom. The molecule has 0 saturated heterocycles. The lowest BCUT2D eigenvalue weighted by Gasteiger charge is -1.97. The van der Waals surface area contributed by atoms with Crippen molar-refractivity contribution in [3.63, 3.8) is 0 Å². The molecule has 84 valence electrons. The zero-order chi connectivity index (χ0) is 11.5. The second-order valence-electron chi connectivity index (χ2n) is 3.43. The molecule has 0 saturated carbocycles. The number of benzene rings is 1. The minimum absolute atomic E-state index is 0.160. The van der Waals surface area contributed by atoms with Gasteiger partial charge in [0, 0.05) is 12.0 Å². The lowest BCUT2D eigenvalue weighted by atomic mass is 10.2. The summed E-state index contributed by atoms with van der Waals surface area (Å²) in [5.74, 6) is 1.29. The largest absolute Gasteiger partial charge is 0.507 e. The quantitative estimate of drug-likeness (QED) is 0.940. The van der Waals surface area contributed by atoms with Gasteiger partial charge in [0.25, 0.3) is 5.89 Å². The van der Waals surface area contributed by atoms with Crippen LogP contribution in [0, 0.1) is 0 Å². The molecule has 2 rings (SSSR count). The Labute approximate surface area is 101 Å². The molecule has 0 bridgehead atoms. The number of aryl methyl sites for hydroxylation is 1. The molecule has 0 atom stereocenters. The molecule has 0 aliphatic rings. The van der Waals surface area contributed by atoms with Crippen molar-refractivity contribution in [2.45, 2.75) is 19.8 Å². The highest BCUT2D eigenvalue weighted by atomic mass is 79.9. The van der Waals surface area contributed by atoms with Crippen molar-refractivity contribution in [3.05, 3.63) is 28.5 Å². The molecule has 0 unspecified atom stereocenters. The third-order valence-electron chi connectivity index (χ3n) is 2.13. The Morgan fingerprint density at radius 2 is 2.25 bits per heavy atom. The number of phenols is 1. The van der Waals surface area contributed by atoms with Crippen LogP contribution < -0.4 is 0 Å². The maximum Gasteiger partial charge on any atom is 0.258 e. The summed E-state index contributed by atoms with van der Waals surface area (Å²) in [6.07, 6.45) is 1.77. The van der Waals surface area contributed by atoms with Crippen molar-refractivity contribution < 1.29 is 9.63 Å². The monoisotopic (exact) mass is 282 g/mol. The molecular weight excluding hydrogens is 272 g/mol. The molecule has 1 aromatic heterocycles. The standard InChI is InChI=1S/C11H11BrN2O2/c1-2-3-10-13-11(16-14-10)7-4-5-8(12)9(15)6-7/h4-6,15H,2-3H2,1H3.